The van der Waals surface area contributed by atoms with Gasteiger partial charge in [0.05, 0.1) is 17.4 Å². The predicted octanol–water partition coefficient (Wildman–Crippen LogP) is 1.07. The van der Waals surface area contributed by atoms with Gasteiger partial charge in [-0.1, -0.05) is 18.2 Å². The van der Waals surface area contributed by atoms with E-state index in [0.717, 1.165) is 25.9 Å². The Morgan fingerprint density at radius 2 is 2.00 bits per heavy atom. The molecule has 1 heterocycles. The number of sulfonamides is 1. The molecular weight excluding hydrogens is 274 g/mol. The number of nitrogens with zero attached hydrogens (tertiary/aromatic N) is 2. The van der Waals surface area contributed by atoms with E-state index in [9.17, 15) is 8.42 Å². The van der Waals surface area contributed by atoms with Crippen LogP contribution >= 0.6 is 0 Å². The molecule has 0 radical (unpaired) electrons. The first-order chi connectivity index (χ1) is 9.54. The molecule has 0 amide bonds. The molecule has 1 saturated heterocycles. The molecule has 2 rings (SSSR count). The molecule has 0 aliphatic carbocycles. The van der Waals surface area contributed by atoms with Gasteiger partial charge in [-0.3, -0.25) is 0 Å². The van der Waals surface area contributed by atoms with Crippen LogP contribution in [-0.4, -0.2) is 38.9 Å². The van der Waals surface area contributed by atoms with E-state index in [2.05, 4.69) is 5.32 Å². The van der Waals surface area contributed by atoms with Gasteiger partial charge in [0.2, 0.25) is 10.0 Å². The Balaban J connectivity index is 2.16. The molecule has 20 heavy (non-hydrogen) atoms. The maximum Gasteiger partial charge on any atom is 0.218 e. The lowest BCUT2D eigenvalue weighted by Gasteiger charge is -2.30. The van der Waals surface area contributed by atoms with E-state index < -0.39 is 10.0 Å². The Morgan fingerprint density at radius 3 is 2.65 bits per heavy atom. The fraction of sp³-hybridized carbons (Fsp3) is 0.500. The van der Waals surface area contributed by atoms with E-state index in [1.807, 2.05) is 6.07 Å². The Morgan fingerprint density at radius 1 is 1.35 bits per heavy atom. The molecule has 0 atom stereocenters. The second-order valence-corrected chi connectivity index (χ2v) is 7.05. The topological polar surface area (TPSA) is 73.2 Å². The normalized spacial score (nSPS) is 17.1. The number of nitriles is 1. The van der Waals surface area contributed by atoms with Gasteiger partial charge in [0.1, 0.15) is 0 Å². The third kappa shape index (κ3) is 3.37. The monoisotopic (exact) mass is 293 g/mol. The molecule has 1 fully saturated rings. The van der Waals surface area contributed by atoms with Crippen LogP contribution in [0.1, 0.15) is 24.0 Å². The number of rotatable bonds is 4. The first-order valence-electron chi connectivity index (χ1n) is 6.69. The van der Waals surface area contributed by atoms with E-state index >= 15 is 0 Å². The number of hydrogen-bond donors (Lipinski definition) is 1. The van der Waals surface area contributed by atoms with Crippen molar-refractivity contribution in [3.8, 4) is 6.07 Å². The summed E-state index contributed by atoms with van der Waals surface area (Å²) in [6.45, 7) is 1.69. The van der Waals surface area contributed by atoms with Crippen LogP contribution in [0.15, 0.2) is 24.3 Å². The molecule has 5 nitrogen and oxygen atoms in total. The number of benzene rings is 1. The zero-order chi connectivity index (χ0) is 14.6. The van der Waals surface area contributed by atoms with Crippen LogP contribution in [0.4, 0.5) is 0 Å². The van der Waals surface area contributed by atoms with Crippen molar-refractivity contribution in [2.45, 2.75) is 24.6 Å². The summed E-state index contributed by atoms with van der Waals surface area (Å²) in [5.41, 5.74) is 0.991. The van der Waals surface area contributed by atoms with Gasteiger partial charge < -0.3 is 5.32 Å². The highest BCUT2D eigenvalue weighted by Crippen LogP contribution is 2.19. The molecule has 0 aromatic heterocycles. The van der Waals surface area contributed by atoms with Crippen LogP contribution in [0.25, 0.3) is 0 Å². The minimum atomic E-state index is -3.39. The maximum atomic E-state index is 12.5. The van der Waals surface area contributed by atoms with Crippen molar-refractivity contribution in [1.29, 1.82) is 5.26 Å². The zero-order valence-electron chi connectivity index (χ0n) is 11.5. The Bertz CT molecular complexity index is 601. The van der Waals surface area contributed by atoms with Crippen molar-refractivity contribution in [2.24, 2.45) is 0 Å². The summed E-state index contributed by atoms with van der Waals surface area (Å²) in [4.78, 5) is 0. The molecular formula is C14H19N3O2S. The largest absolute Gasteiger partial charge is 0.317 e. The Kier molecular flexibility index (Phi) is 4.76. The third-order valence-electron chi connectivity index (χ3n) is 3.74. The third-order valence-corrected chi connectivity index (χ3v) is 5.59. The number of nitrogens with one attached hydrogen (secondary N) is 1. The highest BCUT2D eigenvalue weighted by molar-refractivity contribution is 7.88. The molecule has 6 heteroatoms. The molecule has 0 saturated carbocycles. The van der Waals surface area contributed by atoms with Crippen molar-refractivity contribution in [2.75, 3.05) is 20.1 Å². The van der Waals surface area contributed by atoms with E-state index in [-0.39, 0.29) is 11.8 Å². The summed E-state index contributed by atoms with van der Waals surface area (Å²) in [6, 6.07) is 8.95. The van der Waals surface area contributed by atoms with E-state index in [0.29, 0.717) is 11.1 Å². The summed E-state index contributed by atoms with van der Waals surface area (Å²) >= 11 is 0. The Labute approximate surface area is 120 Å². The second-order valence-electron chi connectivity index (χ2n) is 5.02. The lowest BCUT2D eigenvalue weighted by atomic mass is 10.1. The molecule has 1 aromatic carbocycles. The summed E-state index contributed by atoms with van der Waals surface area (Å²) in [6.07, 6.45) is 1.66. The van der Waals surface area contributed by atoms with Crippen LogP contribution in [-0.2, 0) is 15.8 Å². The van der Waals surface area contributed by atoms with Crippen molar-refractivity contribution in [1.82, 2.24) is 9.62 Å². The average molecular weight is 293 g/mol. The van der Waals surface area contributed by atoms with Gasteiger partial charge in [-0.15, -0.1) is 0 Å². The Hall–Kier alpha value is -1.42. The molecule has 1 aromatic rings. The molecule has 1 aliphatic rings. The molecule has 1 aliphatic heterocycles. The highest BCUT2D eigenvalue weighted by Gasteiger charge is 2.28. The van der Waals surface area contributed by atoms with Crippen molar-refractivity contribution < 1.29 is 8.42 Å². The van der Waals surface area contributed by atoms with Crippen LogP contribution in [0, 0.1) is 11.3 Å². The quantitative estimate of drug-likeness (QED) is 0.901. The van der Waals surface area contributed by atoms with Crippen molar-refractivity contribution in [3.05, 3.63) is 35.4 Å². The SMILES string of the molecule is CN(C1CCNCC1)S(=O)(=O)Cc1ccccc1C#N. The van der Waals surface area contributed by atoms with Crippen molar-refractivity contribution >= 4 is 10.0 Å². The zero-order valence-corrected chi connectivity index (χ0v) is 12.4. The van der Waals surface area contributed by atoms with Gasteiger partial charge in [-0.05, 0) is 37.6 Å². The molecule has 1 N–H and O–H groups in total. The summed E-state index contributed by atoms with van der Waals surface area (Å²) in [7, 11) is -1.75. The lowest BCUT2D eigenvalue weighted by molar-refractivity contribution is 0.296. The van der Waals surface area contributed by atoms with E-state index in [1.54, 1.807) is 31.3 Å². The average Bonchev–Trinajstić information content (AvgIpc) is 2.47. The van der Waals surface area contributed by atoms with Gasteiger partial charge in [-0.2, -0.15) is 5.26 Å². The molecule has 0 unspecified atom stereocenters. The molecule has 0 spiro atoms. The fourth-order valence-electron chi connectivity index (χ4n) is 2.45. The van der Waals surface area contributed by atoms with E-state index in [1.165, 1.54) is 4.31 Å². The smallest absolute Gasteiger partial charge is 0.218 e. The van der Waals surface area contributed by atoms with Crippen LogP contribution in [0.3, 0.4) is 0 Å². The molecule has 0 bridgehead atoms. The molecule has 108 valence electrons. The van der Waals surface area contributed by atoms with Crippen LogP contribution < -0.4 is 5.32 Å². The summed E-state index contributed by atoms with van der Waals surface area (Å²) in [5.74, 6) is -0.114. The van der Waals surface area contributed by atoms with Crippen molar-refractivity contribution in [3.63, 3.8) is 0 Å². The second kappa shape index (κ2) is 6.35. The standard InChI is InChI=1S/C14H19N3O2S/c1-17(14-6-8-16-9-7-14)20(18,19)11-13-5-3-2-4-12(13)10-15/h2-5,14,16H,6-9,11H2,1H3. The minimum absolute atomic E-state index is 0.0514. The number of hydrogen-bond acceptors (Lipinski definition) is 4. The van der Waals surface area contributed by atoms with Gasteiger partial charge in [0.25, 0.3) is 0 Å². The van der Waals surface area contributed by atoms with E-state index in [4.69, 9.17) is 5.26 Å². The predicted molar refractivity (Wildman–Crippen MR) is 77.4 cm³/mol. The summed E-state index contributed by atoms with van der Waals surface area (Å²) < 4.78 is 26.4. The number of piperidine rings is 1. The van der Waals surface area contributed by atoms with Crippen LogP contribution in [0.5, 0.6) is 0 Å². The van der Waals surface area contributed by atoms with Crippen LogP contribution in [0.2, 0.25) is 0 Å². The first-order valence-corrected chi connectivity index (χ1v) is 8.30. The lowest BCUT2D eigenvalue weighted by Crippen LogP contribution is -2.44. The first kappa shape index (κ1) is 15.0. The fourth-order valence-corrected chi connectivity index (χ4v) is 3.96. The van der Waals surface area contributed by atoms with Gasteiger partial charge in [-0.25, -0.2) is 12.7 Å². The van der Waals surface area contributed by atoms with Gasteiger partial charge in [0.15, 0.2) is 0 Å². The highest BCUT2D eigenvalue weighted by atomic mass is 32.2. The summed E-state index contributed by atoms with van der Waals surface area (Å²) in [5, 5.41) is 12.3. The minimum Gasteiger partial charge on any atom is -0.317 e. The van der Waals surface area contributed by atoms with Gasteiger partial charge in [0, 0.05) is 13.1 Å². The maximum absolute atomic E-state index is 12.5. The van der Waals surface area contributed by atoms with Gasteiger partial charge >= 0.3 is 0 Å².